The summed E-state index contributed by atoms with van der Waals surface area (Å²) in [5.41, 5.74) is 2.39. The van der Waals surface area contributed by atoms with Gasteiger partial charge in [0.1, 0.15) is 12.4 Å². The third-order valence-electron chi connectivity index (χ3n) is 3.37. The lowest BCUT2D eigenvalue weighted by atomic mass is 10.1. The standard InChI is InChI=1S/C16H23NO2.ClH/c1-14-6-5-7-15(2)16(14)19-11-4-3-8-17-9-12-18-13-10-17;/h3-7H,8-13H2,1-2H3;1H. The van der Waals surface area contributed by atoms with E-state index in [1.165, 1.54) is 11.1 Å². The molecule has 1 heterocycles. The van der Waals surface area contributed by atoms with Gasteiger partial charge in [-0.15, -0.1) is 12.4 Å². The Morgan fingerprint density at radius 1 is 1.15 bits per heavy atom. The minimum absolute atomic E-state index is 0. The van der Waals surface area contributed by atoms with Crippen LogP contribution in [0.15, 0.2) is 30.4 Å². The van der Waals surface area contributed by atoms with Crippen molar-refractivity contribution in [2.24, 2.45) is 0 Å². The largest absolute Gasteiger partial charge is 0.489 e. The summed E-state index contributed by atoms with van der Waals surface area (Å²) in [6, 6.07) is 6.23. The summed E-state index contributed by atoms with van der Waals surface area (Å²) >= 11 is 0. The Kier molecular flexibility index (Phi) is 7.67. The van der Waals surface area contributed by atoms with E-state index in [0.29, 0.717) is 6.61 Å². The predicted molar refractivity (Wildman–Crippen MR) is 85.1 cm³/mol. The molecule has 0 saturated carbocycles. The van der Waals surface area contributed by atoms with Crippen molar-refractivity contribution >= 4 is 12.4 Å². The van der Waals surface area contributed by atoms with Gasteiger partial charge in [0.2, 0.25) is 0 Å². The van der Waals surface area contributed by atoms with E-state index in [9.17, 15) is 0 Å². The first-order chi connectivity index (χ1) is 9.27. The van der Waals surface area contributed by atoms with Crippen LogP contribution in [0, 0.1) is 13.8 Å². The number of hydrogen-bond acceptors (Lipinski definition) is 3. The van der Waals surface area contributed by atoms with E-state index in [1.807, 2.05) is 0 Å². The highest BCUT2D eigenvalue weighted by molar-refractivity contribution is 5.85. The van der Waals surface area contributed by atoms with E-state index in [-0.39, 0.29) is 12.4 Å². The van der Waals surface area contributed by atoms with Crippen molar-refractivity contribution < 1.29 is 9.47 Å². The number of para-hydroxylation sites is 1. The van der Waals surface area contributed by atoms with E-state index in [4.69, 9.17) is 9.47 Å². The van der Waals surface area contributed by atoms with Crippen molar-refractivity contribution in [1.82, 2.24) is 4.90 Å². The summed E-state index contributed by atoms with van der Waals surface area (Å²) in [4.78, 5) is 2.39. The molecule has 0 atom stereocenters. The molecular formula is C16H24ClNO2. The third kappa shape index (κ3) is 5.16. The zero-order valence-electron chi connectivity index (χ0n) is 12.3. The molecule has 0 aliphatic carbocycles. The van der Waals surface area contributed by atoms with Crippen LogP contribution >= 0.6 is 12.4 Å². The van der Waals surface area contributed by atoms with Crippen molar-refractivity contribution in [2.75, 3.05) is 39.5 Å². The van der Waals surface area contributed by atoms with E-state index in [2.05, 4.69) is 49.1 Å². The number of morpholine rings is 1. The van der Waals surface area contributed by atoms with Gasteiger partial charge >= 0.3 is 0 Å². The maximum absolute atomic E-state index is 5.83. The second-order valence-corrected chi connectivity index (χ2v) is 4.92. The Balaban J connectivity index is 0.00000200. The first-order valence-electron chi connectivity index (χ1n) is 6.91. The fourth-order valence-corrected chi connectivity index (χ4v) is 2.23. The molecule has 1 fully saturated rings. The minimum Gasteiger partial charge on any atom is -0.489 e. The van der Waals surface area contributed by atoms with Crippen molar-refractivity contribution in [3.05, 3.63) is 41.5 Å². The lowest BCUT2D eigenvalue weighted by Crippen LogP contribution is -2.36. The smallest absolute Gasteiger partial charge is 0.125 e. The van der Waals surface area contributed by atoms with Gasteiger partial charge in [-0.3, -0.25) is 4.90 Å². The van der Waals surface area contributed by atoms with Crippen LogP contribution < -0.4 is 4.74 Å². The number of nitrogens with zero attached hydrogens (tertiary/aromatic N) is 1. The average Bonchev–Trinajstić information content (AvgIpc) is 2.42. The number of aryl methyl sites for hydroxylation is 2. The number of halogens is 1. The van der Waals surface area contributed by atoms with E-state index in [1.54, 1.807) is 0 Å². The molecule has 0 radical (unpaired) electrons. The van der Waals surface area contributed by atoms with Gasteiger partial charge in [-0.1, -0.05) is 30.4 Å². The third-order valence-corrected chi connectivity index (χ3v) is 3.37. The van der Waals surface area contributed by atoms with Gasteiger partial charge in [0, 0.05) is 19.6 Å². The van der Waals surface area contributed by atoms with Crippen LogP contribution in [-0.2, 0) is 4.74 Å². The van der Waals surface area contributed by atoms with Gasteiger partial charge < -0.3 is 9.47 Å². The second kappa shape index (κ2) is 9.01. The highest BCUT2D eigenvalue weighted by atomic mass is 35.5. The summed E-state index contributed by atoms with van der Waals surface area (Å²) in [6.45, 7) is 9.55. The Morgan fingerprint density at radius 2 is 1.80 bits per heavy atom. The molecule has 1 saturated heterocycles. The van der Waals surface area contributed by atoms with Crippen molar-refractivity contribution in [2.45, 2.75) is 13.8 Å². The number of ether oxygens (including phenoxy) is 2. The highest BCUT2D eigenvalue weighted by Gasteiger charge is 2.07. The average molecular weight is 298 g/mol. The maximum Gasteiger partial charge on any atom is 0.125 e. The quantitative estimate of drug-likeness (QED) is 0.780. The number of hydrogen-bond donors (Lipinski definition) is 0. The minimum atomic E-state index is 0. The van der Waals surface area contributed by atoms with Crippen LogP contribution in [0.5, 0.6) is 5.75 Å². The summed E-state index contributed by atoms with van der Waals surface area (Å²) in [6.07, 6.45) is 4.28. The molecule has 0 unspecified atom stereocenters. The van der Waals surface area contributed by atoms with Crippen LogP contribution in [-0.4, -0.2) is 44.4 Å². The molecule has 0 N–H and O–H groups in total. The van der Waals surface area contributed by atoms with Crippen LogP contribution in [0.25, 0.3) is 0 Å². The lowest BCUT2D eigenvalue weighted by Gasteiger charge is -2.25. The van der Waals surface area contributed by atoms with Gasteiger partial charge in [0.05, 0.1) is 13.2 Å². The zero-order chi connectivity index (χ0) is 13.5. The Morgan fingerprint density at radius 3 is 2.45 bits per heavy atom. The Labute approximate surface area is 128 Å². The normalized spacial score (nSPS) is 16.1. The van der Waals surface area contributed by atoms with E-state index < -0.39 is 0 Å². The molecular weight excluding hydrogens is 274 g/mol. The van der Waals surface area contributed by atoms with Gasteiger partial charge in [-0.25, -0.2) is 0 Å². The van der Waals surface area contributed by atoms with Gasteiger partial charge in [0.15, 0.2) is 0 Å². The Hall–Kier alpha value is -1.03. The molecule has 20 heavy (non-hydrogen) atoms. The van der Waals surface area contributed by atoms with Crippen LogP contribution in [0.1, 0.15) is 11.1 Å². The Bertz CT molecular complexity index is 408. The molecule has 0 bridgehead atoms. The summed E-state index contributed by atoms with van der Waals surface area (Å²) in [7, 11) is 0. The highest BCUT2D eigenvalue weighted by Crippen LogP contribution is 2.22. The maximum atomic E-state index is 5.83. The summed E-state index contributed by atoms with van der Waals surface area (Å²) in [5, 5.41) is 0. The lowest BCUT2D eigenvalue weighted by molar-refractivity contribution is 0.0434. The van der Waals surface area contributed by atoms with E-state index >= 15 is 0 Å². The molecule has 0 aromatic heterocycles. The molecule has 0 amide bonds. The SMILES string of the molecule is Cc1cccc(C)c1OCC=CCN1CCOCC1.Cl. The molecule has 0 spiro atoms. The van der Waals surface area contributed by atoms with E-state index in [0.717, 1.165) is 38.6 Å². The molecule has 3 nitrogen and oxygen atoms in total. The monoisotopic (exact) mass is 297 g/mol. The van der Waals surface area contributed by atoms with Crippen molar-refractivity contribution in [1.29, 1.82) is 0 Å². The molecule has 1 aromatic carbocycles. The van der Waals surface area contributed by atoms with Gasteiger partial charge in [-0.05, 0) is 25.0 Å². The molecule has 1 aliphatic rings. The van der Waals surface area contributed by atoms with Crippen molar-refractivity contribution in [3.8, 4) is 5.75 Å². The van der Waals surface area contributed by atoms with Crippen LogP contribution in [0.4, 0.5) is 0 Å². The first-order valence-corrected chi connectivity index (χ1v) is 6.91. The molecule has 1 aromatic rings. The first kappa shape index (κ1) is 17.0. The topological polar surface area (TPSA) is 21.7 Å². The van der Waals surface area contributed by atoms with Crippen LogP contribution in [0.3, 0.4) is 0 Å². The van der Waals surface area contributed by atoms with Gasteiger partial charge in [0.25, 0.3) is 0 Å². The fraction of sp³-hybridized carbons (Fsp3) is 0.500. The number of rotatable bonds is 5. The molecule has 2 rings (SSSR count). The summed E-state index contributed by atoms with van der Waals surface area (Å²) < 4.78 is 11.1. The molecule has 4 heteroatoms. The fourth-order valence-electron chi connectivity index (χ4n) is 2.23. The summed E-state index contributed by atoms with van der Waals surface area (Å²) in [5.74, 6) is 1.01. The number of benzene rings is 1. The predicted octanol–water partition coefficient (Wildman–Crippen LogP) is 2.99. The van der Waals surface area contributed by atoms with Gasteiger partial charge in [-0.2, -0.15) is 0 Å². The molecule has 1 aliphatic heterocycles. The molecule has 112 valence electrons. The van der Waals surface area contributed by atoms with Crippen molar-refractivity contribution in [3.63, 3.8) is 0 Å². The van der Waals surface area contributed by atoms with Crippen LogP contribution in [0.2, 0.25) is 0 Å². The zero-order valence-corrected chi connectivity index (χ0v) is 13.1. The second-order valence-electron chi connectivity index (χ2n) is 4.92.